The van der Waals surface area contributed by atoms with Crippen molar-refractivity contribution in [2.75, 3.05) is 53.4 Å². The highest BCUT2D eigenvalue weighted by molar-refractivity contribution is 5.85. The molecule has 192 valence electrons. The van der Waals surface area contributed by atoms with Crippen molar-refractivity contribution in [2.45, 2.75) is 57.9 Å². The van der Waals surface area contributed by atoms with Crippen molar-refractivity contribution in [2.24, 2.45) is 5.73 Å². The van der Waals surface area contributed by atoms with Crippen LogP contribution >= 0.6 is 12.4 Å². The van der Waals surface area contributed by atoms with E-state index in [4.69, 9.17) is 24.7 Å². The molecule has 1 rings (SSSR count). The Bertz CT molecular complexity index is 608. The molecule has 0 unspecified atom stereocenters. The van der Waals surface area contributed by atoms with E-state index in [2.05, 4.69) is 4.74 Å². The van der Waals surface area contributed by atoms with Crippen LogP contribution in [0.5, 0.6) is 5.75 Å². The summed E-state index contributed by atoms with van der Waals surface area (Å²) in [6, 6.07) is 4.68. The van der Waals surface area contributed by atoms with Gasteiger partial charge in [-0.15, -0.1) is 12.4 Å². The summed E-state index contributed by atoms with van der Waals surface area (Å²) in [6.07, 6.45) is 7.30. The number of halogens is 2. The van der Waals surface area contributed by atoms with Crippen LogP contribution in [0.2, 0.25) is 0 Å². The molecule has 9 heteroatoms. The van der Waals surface area contributed by atoms with Gasteiger partial charge >= 0.3 is 5.97 Å². The van der Waals surface area contributed by atoms with Gasteiger partial charge in [0.15, 0.2) is 0 Å². The summed E-state index contributed by atoms with van der Waals surface area (Å²) in [6.45, 7) is 4.48. The first-order valence-electron chi connectivity index (χ1n) is 11.6. The number of unbranched alkanes of at least 4 members (excludes halogenated alkanes) is 5. The molecule has 0 aromatic heterocycles. The standard InChI is InChI=1S/C24H40FNO6.ClH/c1-28-24(27)9-5-4-7-13-30-16-18-31-17-15-29-12-6-2-3-8-14-32-22-10-11-23(25)21(19-22)20-26;/h10-11,19H,2-9,12-18,20,26H2,1H3;1H. The highest BCUT2D eigenvalue weighted by atomic mass is 35.5. The van der Waals surface area contributed by atoms with Crippen molar-refractivity contribution in [3.8, 4) is 5.75 Å². The molecule has 0 saturated heterocycles. The highest BCUT2D eigenvalue weighted by Gasteiger charge is 2.03. The Morgan fingerprint density at radius 1 is 0.818 bits per heavy atom. The van der Waals surface area contributed by atoms with E-state index in [1.807, 2.05) is 0 Å². The SMILES string of the molecule is COC(=O)CCCCCOCCOCCOCCCCCCOc1ccc(F)c(CN)c1.Cl. The van der Waals surface area contributed by atoms with Crippen LogP contribution in [-0.4, -0.2) is 59.3 Å². The van der Waals surface area contributed by atoms with Gasteiger partial charge in [0.25, 0.3) is 0 Å². The largest absolute Gasteiger partial charge is 0.494 e. The predicted molar refractivity (Wildman–Crippen MR) is 128 cm³/mol. The van der Waals surface area contributed by atoms with Crippen LogP contribution in [0.1, 0.15) is 56.9 Å². The fourth-order valence-electron chi connectivity index (χ4n) is 2.94. The van der Waals surface area contributed by atoms with Gasteiger partial charge in [-0.05, 0) is 50.3 Å². The van der Waals surface area contributed by atoms with Gasteiger partial charge in [-0.3, -0.25) is 4.79 Å². The third kappa shape index (κ3) is 17.7. The number of hydrogen-bond acceptors (Lipinski definition) is 7. The molecule has 33 heavy (non-hydrogen) atoms. The van der Waals surface area contributed by atoms with Crippen LogP contribution in [0.25, 0.3) is 0 Å². The van der Waals surface area contributed by atoms with Crippen LogP contribution in [0.15, 0.2) is 18.2 Å². The summed E-state index contributed by atoms with van der Waals surface area (Å²) in [5.41, 5.74) is 5.97. The Morgan fingerprint density at radius 2 is 1.36 bits per heavy atom. The van der Waals surface area contributed by atoms with Gasteiger partial charge in [0.05, 0.1) is 40.1 Å². The van der Waals surface area contributed by atoms with E-state index in [1.54, 1.807) is 12.1 Å². The molecule has 7 nitrogen and oxygen atoms in total. The summed E-state index contributed by atoms with van der Waals surface area (Å²) in [7, 11) is 1.41. The molecule has 0 saturated carbocycles. The summed E-state index contributed by atoms with van der Waals surface area (Å²) in [5.74, 6) is 0.215. The molecule has 1 aromatic carbocycles. The molecule has 0 radical (unpaired) electrons. The van der Waals surface area contributed by atoms with E-state index >= 15 is 0 Å². The molecule has 2 N–H and O–H groups in total. The number of benzene rings is 1. The summed E-state index contributed by atoms with van der Waals surface area (Å²) in [4.78, 5) is 11.0. The maximum atomic E-state index is 13.4. The van der Waals surface area contributed by atoms with Crippen LogP contribution in [-0.2, 0) is 30.3 Å². The monoisotopic (exact) mass is 493 g/mol. The minimum absolute atomic E-state index is 0. The van der Waals surface area contributed by atoms with E-state index in [0.29, 0.717) is 57.4 Å². The second-order valence-electron chi connectivity index (χ2n) is 7.44. The van der Waals surface area contributed by atoms with Gasteiger partial charge in [0, 0.05) is 31.7 Å². The summed E-state index contributed by atoms with van der Waals surface area (Å²) >= 11 is 0. The minimum atomic E-state index is -0.293. The van der Waals surface area contributed by atoms with E-state index in [-0.39, 0.29) is 30.7 Å². The quantitative estimate of drug-likeness (QED) is 0.200. The first kappa shape index (κ1) is 31.6. The number of nitrogens with two attached hydrogens (primary N) is 1. The van der Waals surface area contributed by atoms with E-state index in [1.165, 1.54) is 13.2 Å². The number of methoxy groups -OCH3 is 1. The molecule has 0 fully saturated rings. The fraction of sp³-hybridized carbons (Fsp3) is 0.708. The van der Waals surface area contributed by atoms with Crippen LogP contribution in [0.3, 0.4) is 0 Å². The van der Waals surface area contributed by atoms with Crippen molar-refractivity contribution >= 4 is 18.4 Å². The first-order chi connectivity index (χ1) is 15.7. The Morgan fingerprint density at radius 3 is 1.94 bits per heavy atom. The van der Waals surface area contributed by atoms with Crippen LogP contribution in [0, 0.1) is 5.82 Å². The third-order valence-electron chi connectivity index (χ3n) is 4.83. The van der Waals surface area contributed by atoms with Crippen LogP contribution < -0.4 is 10.5 Å². The zero-order valence-electron chi connectivity index (χ0n) is 19.9. The van der Waals surface area contributed by atoms with Crippen molar-refractivity contribution < 1.29 is 32.9 Å². The molecule has 0 spiro atoms. The van der Waals surface area contributed by atoms with Crippen molar-refractivity contribution in [3.63, 3.8) is 0 Å². The number of rotatable bonds is 21. The van der Waals surface area contributed by atoms with Gasteiger partial charge in [-0.1, -0.05) is 12.8 Å². The van der Waals surface area contributed by atoms with E-state index in [9.17, 15) is 9.18 Å². The first-order valence-corrected chi connectivity index (χ1v) is 11.6. The van der Waals surface area contributed by atoms with Gasteiger partial charge in [-0.25, -0.2) is 4.39 Å². The number of hydrogen-bond donors (Lipinski definition) is 1. The maximum absolute atomic E-state index is 13.4. The van der Waals surface area contributed by atoms with Gasteiger partial charge in [0.1, 0.15) is 11.6 Å². The molecule has 0 heterocycles. The van der Waals surface area contributed by atoms with E-state index in [0.717, 1.165) is 51.6 Å². The van der Waals surface area contributed by atoms with Gasteiger partial charge in [0.2, 0.25) is 0 Å². The van der Waals surface area contributed by atoms with E-state index < -0.39 is 0 Å². The Balaban J connectivity index is 0.0000102. The normalized spacial score (nSPS) is 10.6. The molecular weight excluding hydrogens is 453 g/mol. The molecule has 0 bridgehead atoms. The minimum Gasteiger partial charge on any atom is -0.494 e. The molecule has 1 aromatic rings. The zero-order valence-corrected chi connectivity index (χ0v) is 20.7. The fourth-order valence-corrected chi connectivity index (χ4v) is 2.94. The van der Waals surface area contributed by atoms with Crippen LogP contribution in [0.4, 0.5) is 4.39 Å². The smallest absolute Gasteiger partial charge is 0.305 e. The highest BCUT2D eigenvalue weighted by Crippen LogP contribution is 2.17. The second-order valence-corrected chi connectivity index (χ2v) is 7.44. The predicted octanol–water partition coefficient (Wildman–Crippen LogP) is 4.43. The molecule has 0 aliphatic carbocycles. The second kappa shape index (κ2) is 22.3. The Hall–Kier alpha value is -1.45. The number of ether oxygens (including phenoxy) is 5. The summed E-state index contributed by atoms with van der Waals surface area (Å²) < 4.78 is 40.1. The van der Waals surface area contributed by atoms with Gasteiger partial charge < -0.3 is 29.4 Å². The number of esters is 1. The Kier molecular flexibility index (Phi) is 21.4. The topological polar surface area (TPSA) is 89.2 Å². The van der Waals surface area contributed by atoms with Crippen molar-refractivity contribution in [1.29, 1.82) is 0 Å². The lowest BCUT2D eigenvalue weighted by atomic mass is 10.2. The lowest BCUT2D eigenvalue weighted by Gasteiger charge is -2.08. The maximum Gasteiger partial charge on any atom is 0.305 e. The molecule has 0 amide bonds. The zero-order chi connectivity index (χ0) is 23.3. The van der Waals surface area contributed by atoms with Crippen molar-refractivity contribution in [3.05, 3.63) is 29.6 Å². The van der Waals surface area contributed by atoms with Gasteiger partial charge in [-0.2, -0.15) is 0 Å². The molecular formula is C24H41ClFNO6. The van der Waals surface area contributed by atoms with Crippen molar-refractivity contribution in [1.82, 2.24) is 0 Å². The Labute approximate surface area is 203 Å². The number of carbonyl (C=O) groups excluding carboxylic acids is 1. The number of carbonyl (C=O) groups is 1. The average Bonchev–Trinajstić information content (AvgIpc) is 2.81. The average molecular weight is 494 g/mol. The molecule has 0 aliphatic heterocycles. The molecule has 0 aliphatic rings. The lowest BCUT2D eigenvalue weighted by molar-refractivity contribution is -0.140. The summed E-state index contributed by atoms with van der Waals surface area (Å²) in [5, 5.41) is 0. The lowest BCUT2D eigenvalue weighted by Crippen LogP contribution is -2.10. The molecule has 0 atom stereocenters. The third-order valence-corrected chi connectivity index (χ3v) is 4.83.